The van der Waals surface area contributed by atoms with Crippen LogP contribution in [0.25, 0.3) is 0 Å². The van der Waals surface area contributed by atoms with E-state index in [1.165, 1.54) is 11.8 Å². The topological polar surface area (TPSA) is 97.3 Å². The molecule has 4 rings (SSSR count). The number of aliphatic imine (C=N–C) groups is 1. The molecule has 11 heteroatoms. The third kappa shape index (κ3) is 4.21. The quantitative estimate of drug-likeness (QED) is 0.466. The van der Waals surface area contributed by atoms with Gasteiger partial charge in [-0.05, 0) is 36.6 Å². The predicted molar refractivity (Wildman–Crippen MR) is 120 cm³/mol. The van der Waals surface area contributed by atoms with Gasteiger partial charge in [0, 0.05) is 48.9 Å². The molecule has 3 heterocycles. The zero-order valence-electron chi connectivity index (χ0n) is 16.2. The van der Waals surface area contributed by atoms with Gasteiger partial charge in [0.1, 0.15) is 4.71 Å². The molecular weight excluding hydrogens is 449 g/mol. The molecular formula is C19H23Cl2N5O3S. The SMILES string of the molecule is O=C(NCCCO)N1CCC2(C1)CN(C(=O)NC1=NCC(Cl)S1)c1ccc(Cl)cc12. The van der Waals surface area contributed by atoms with Gasteiger partial charge in [0.05, 0.1) is 6.54 Å². The summed E-state index contributed by atoms with van der Waals surface area (Å²) in [5, 5.41) is 15.7. The van der Waals surface area contributed by atoms with Gasteiger partial charge >= 0.3 is 12.1 Å². The van der Waals surface area contributed by atoms with Crippen LogP contribution in [0.5, 0.6) is 0 Å². The highest BCUT2D eigenvalue weighted by Gasteiger charge is 2.50. The first-order chi connectivity index (χ1) is 14.4. The maximum Gasteiger partial charge on any atom is 0.327 e. The van der Waals surface area contributed by atoms with E-state index in [1.54, 1.807) is 15.9 Å². The van der Waals surface area contributed by atoms with E-state index >= 15 is 0 Å². The maximum absolute atomic E-state index is 13.0. The van der Waals surface area contributed by atoms with E-state index in [0.29, 0.717) is 49.3 Å². The highest BCUT2D eigenvalue weighted by Crippen LogP contribution is 2.47. The van der Waals surface area contributed by atoms with Gasteiger partial charge in [0.2, 0.25) is 0 Å². The summed E-state index contributed by atoms with van der Waals surface area (Å²) in [6.45, 7) is 2.47. The zero-order chi connectivity index (χ0) is 21.3. The van der Waals surface area contributed by atoms with Crippen molar-refractivity contribution in [3.8, 4) is 0 Å². The van der Waals surface area contributed by atoms with E-state index in [9.17, 15) is 9.59 Å². The summed E-state index contributed by atoms with van der Waals surface area (Å²) in [4.78, 5) is 33.2. The lowest BCUT2D eigenvalue weighted by atomic mass is 9.81. The molecule has 3 N–H and O–H groups in total. The van der Waals surface area contributed by atoms with Crippen LogP contribution in [-0.2, 0) is 5.41 Å². The van der Waals surface area contributed by atoms with Gasteiger partial charge in [0.15, 0.2) is 5.17 Å². The molecule has 0 bridgehead atoms. The van der Waals surface area contributed by atoms with Crippen LogP contribution in [0, 0.1) is 0 Å². The lowest BCUT2D eigenvalue weighted by Crippen LogP contribution is -2.46. The van der Waals surface area contributed by atoms with Crippen molar-refractivity contribution in [2.45, 2.75) is 23.0 Å². The van der Waals surface area contributed by atoms with Gasteiger partial charge < -0.3 is 15.3 Å². The molecule has 3 aliphatic rings. The number of aliphatic hydroxyl groups is 1. The van der Waals surface area contributed by atoms with E-state index in [4.69, 9.17) is 28.3 Å². The predicted octanol–water partition coefficient (Wildman–Crippen LogP) is 2.57. The number of anilines is 1. The van der Waals surface area contributed by atoms with Crippen LogP contribution in [0.4, 0.5) is 15.3 Å². The Morgan fingerprint density at radius 2 is 2.17 bits per heavy atom. The fourth-order valence-electron chi connectivity index (χ4n) is 4.18. The number of rotatable bonds is 3. The normalized spacial score (nSPS) is 24.9. The number of amides is 4. The first-order valence-corrected chi connectivity index (χ1v) is 11.5. The Balaban J connectivity index is 1.52. The van der Waals surface area contributed by atoms with Crippen molar-refractivity contribution >= 4 is 57.9 Å². The summed E-state index contributed by atoms with van der Waals surface area (Å²) >= 11 is 13.7. The number of amidine groups is 1. The molecule has 8 nitrogen and oxygen atoms in total. The number of fused-ring (bicyclic) bond motifs is 2. The van der Waals surface area contributed by atoms with Crippen LogP contribution >= 0.6 is 35.0 Å². The van der Waals surface area contributed by atoms with Gasteiger partial charge in [-0.15, -0.1) is 11.6 Å². The van der Waals surface area contributed by atoms with Crippen molar-refractivity contribution in [3.63, 3.8) is 0 Å². The third-order valence-corrected chi connectivity index (χ3v) is 7.11. The molecule has 0 aliphatic carbocycles. The number of likely N-dealkylation sites (tertiary alicyclic amines) is 1. The second-order valence-corrected chi connectivity index (χ2v) is 10.0. The first kappa shape index (κ1) is 21.5. The second-order valence-electron chi connectivity index (χ2n) is 7.61. The average molecular weight is 472 g/mol. The number of thioether (sulfide) groups is 1. The number of urea groups is 2. The molecule has 0 aromatic heterocycles. The number of benzene rings is 1. The van der Waals surface area contributed by atoms with Crippen molar-refractivity contribution in [3.05, 3.63) is 28.8 Å². The Bertz CT molecular complexity index is 886. The molecule has 1 fully saturated rings. The zero-order valence-corrected chi connectivity index (χ0v) is 18.6. The lowest BCUT2D eigenvalue weighted by molar-refractivity contribution is 0.204. The monoisotopic (exact) mass is 471 g/mol. The lowest BCUT2D eigenvalue weighted by Gasteiger charge is -2.26. The summed E-state index contributed by atoms with van der Waals surface area (Å²) in [7, 11) is 0. The molecule has 2 atom stereocenters. The number of nitrogens with zero attached hydrogens (tertiary/aromatic N) is 3. The fraction of sp³-hybridized carbons (Fsp3) is 0.526. The van der Waals surface area contributed by atoms with Crippen LogP contribution in [-0.4, -0.2) is 71.3 Å². The van der Waals surface area contributed by atoms with Crippen molar-refractivity contribution < 1.29 is 14.7 Å². The molecule has 1 spiro atoms. The van der Waals surface area contributed by atoms with Gasteiger partial charge in [-0.1, -0.05) is 23.4 Å². The standard InChI is InChI=1S/C19H23Cl2N5O3S/c20-12-2-3-14-13(8-12)19(4-6-25(10-19)17(28)22-5-1-7-27)11-26(14)18(29)24-16-23-9-15(21)30-16/h2-3,8,15,27H,1,4-7,9-11H2,(H,22,28)(H,23,24,29). The Labute approximate surface area is 189 Å². The van der Waals surface area contributed by atoms with Gasteiger partial charge in [-0.2, -0.15) is 0 Å². The number of carbonyl (C=O) groups excluding carboxylic acids is 2. The van der Waals surface area contributed by atoms with Crippen LogP contribution < -0.4 is 15.5 Å². The molecule has 1 aromatic rings. The summed E-state index contributed by atoms with van der Waals surface area (Å²) in [5.41, 5.74) is 1.41. The molecule has 4 amide bonds. The van der Waals surface area contributed by atoms with Crippen LogP contribution in [0.2, 0.25) is 5.02 Å². The molecule has 0 saturated carbocycles. The van der Waals surface area contributed by atoms with E-state index in [1.807, 2.05) is 12.1 Å². The minimum atomic E-state index is -0.370. The highest BCUT2D eigenvalue weighted by molar-refractivity contribution is 8.15. The van der Waals surface area contributed by atoms with Crippen molar-refractivity contribution in [1.29, 1.82) is 0 Å². The molecule has 1 aromatic carbocycles. The van der Waals surface area contributed by atoms with Crippen molar-refractivity contribution in [2.24, 2.45) is 4.99 Å². The average Bonchev–Trinajstić information content (AvgIpc) is 3.41. The Kier molecular flexibility index (Phi) is 6.34. The second kappa shape index (κ2) is 8.82. The van der Waals surface area contributed by atoms with Crippen LogP contribution in [0.1, 0.15) is 18.4 Å². The van der Waals surface area contributed by atoms with Crippen molar-refractivity contribution in [1.82, 2.24) is 15.5 Å². The minimum Gasteiger partial charge on any atom is -0.396 e. The minimum absolute atomic E-state index is 0.0359. The summed E-state index contributed by atoms with van der Waals surface area (Å²) in [5.74, 6) is 0. The highest BCUT2D eigenvalue weighted by atomic mass is 35.5. The van der Waals surface area contributed by atoms with E-state index in [0.717, 1.165) is 17.7 Å². The number of hydrogen-bond donors (Lipinski definition) is 3. The summed E-state index contributed by atoms with van der Waals surface area (Å²) in [6.07, 6.45) is 1.25. The maximum atomic E-state index is 13.0. The Hall–Kier alpha value is -1.68. The number of halogens is 2. The Morgan fingerprint density at radius 1 is 1.33 bits per heavy atom. The van der Waals surface area contributed by atoms with Crippen molar-refractivity contribution in [2.75, 3.05) is 44.2 Å². The van der Waals surface area contributed by atoms with Gasteiger partial charge in [-0.25, -0.2) is 9.59 Å². The molecule has 2 unspecified atom stereocenters. The number of nitrogens with one attached hydrogen (secondary N) is 2. The largest absolute Gasteiger partial charge is 0.396 e. The van der Waals surface area contributed by atoms with E-state index in [-0.39, 0.29) is 28.8 Å². The molecule has 3 aliphatic heterocycles. The Morgan fingerprint density at radius 3 is 2.90 bits per heavy atom. The van der Waals surface area contributed by atoms with Gasteiger partial charge in [0.25, 0.3) is 0 Å². The number of hydrogen-bond acceptors (Lipinski definition) is 5. The number of carbonyl (C=O) groups is 2. The fourth-order valence-corrected chi connectivity index (χ4v) is 5.36. The smallest absolute Gasteiger partial charge is 0.327 e. The summed E-state index contributed by atoms with van der Waals surface area (Å²) in [6, 6.07) is 5.10. The van der Waals surface area contributed by atoms with Crippen LogP contribution in [0.3, 0.4) is 0 Å². The van der Waals surface area contributed by atoms with Gasteiger partial charge in [-0.3, -0.25) is 15.2 Å². The first-order valence-electron chi connectivity index (χ1n) is 9.79. The number of aliphatic hydroxyl groups excluding tert-OH is 1. The van der Waals surface area contributed by atoms with E-state index < -0.39 is 0 Å². The third-order valence-electron chi connectivity index (χ3n) is 5.61. The number of alkyl halides is 1. The molecule has 162 valence electrons. The van der Waals surface area contributed by atoms with Crippen LogP contribution in [0.15, 0.2) is 23.2 Å². The summed E-state index contributed by atoms with van der Waals surface area (Å²) < 4.78 is -0.163. The molecule has 30 heavy (non-hydrogen) atoms. The molecule has 0 radical (unpaired) electrons. The van der Waals surface area contributed by atoms with E-state index in [2.05, 4.69) is 15.6 Å². The molecule has 1 saturated heterocycles.